The molecule has 0 spiro atoms. The maximum atomic E-state index is 14.9. The number of hydrogen-bond acceptors (Lipinski definition) is 4. The van der Waals surface area contributed by atoms with E-state index in [2.05, 4.69) is 16.0 Å². The first-order valence-corrected chi connectivity index (χ1v) is 13.9. The molecule has 220 valence electrons. The fourth-order valence-corrected chi connectivity index (χ4v) is 6.01. The van der Waals surface area contributed by atoms with Crippen LogP contribution in [0.2, 0.25) is 0 Å². The Morgan fingerprint density at radius 2 is 1.92 bits per heavy atom. The van der Waals surface area contributed by atoms with E-state index in [4.69, 9.17) is 0 Å². The first-order chi connectivity index (χ1) is 18.4. The Morgan fingerprint density at radius 3 is 2.59 bits per heavy atom. The molecule has 1 aromatic carbocycles. The number of urea groups is 1. The Bertz CT molecular complexity index is 972. The average molecular weight is 559 g/mol. The van der Waals surface area contributed by atoms with E-state index in [1.165, 1.54) is 19.1 Å². The van der Waals surface area contributed by atoms with Gasteiger partial charge in [-0.15, -0.1) is 0 Å². The molecule has 7 nitrogen and oxygen atoms in total. The summed E-state index contributed by atoms with van der Waals surface area (Å²) in [6.45, 7) is 2.71. The maximum Gasteiger partial charge on any atom is 0.317 e. The van der Waals surface area contributed by atoms with Crippen LogP contribution >= 0.6 is 0 Å². The number of hydrogen-bond donors (Lipinski definition) is 4. The highest BCUT2D eigenvalue weighted by Gasteiger charge is 2.43. The molecule has 3 atom stereocenters. The smallest absolute Gasteiger partial charge is 0.317 e. The molecule has 2 fully saturated rings. The molecular formula is C28H42F4N4O3. The van der Waals surface area contributed by atoms with Crippen LogP contribution in [0.5, 0.6) is 0 Å². The van der Waals surface area contributed by atoms with Gasteiger partial charge >= 0.3 is 6.03 Å². The summed E-state index contributed by atoms with van der Waals surface area (Å²) in [7, 11) is 1.76. The summed E-state index contributed by atoms with van der Waals surface area (Å²) >= 11 is 0. The van der Waals surface area contributed by atoms with Crippen LogP contribution in [0.15, 0.2) is 18.2 Å². The number of halogens is 4. The molecule has 11 heteroatoms. The Kier molecular flexibility index (Phi) is 11.0. The van der Waals surface area contributed by atoms with Crippen LogP contribution in [0.4, 0.5) is 22.4 Å². The third-order valence-corrected chi connectivity index (χ3v) is 8.14. The lowest BCUT2D eigenvalue weighted by molar-refractivity contribution is -0.119. The van der Waals surface area contributed by atoms with Crippen LogP contribution in [0.3, 0.4) is 0 Å². The third-order valence-electron chi connectivity index (χ3n) is 8.14. The number of carbonyl (C=O) groups is 2. The monoisotopic (exact) mass is 558 g/mol. The van der Waals surface area contributed by atoms with Gasteiger partial charge < -0.3 is 26.0 Å². The molecule has 0 radical (unpaired) electrons. The highest BCUT2D eigenvalue weighted by Crippen LogP contribution is 2.41. The van der Waals surface area contributed by atoms with Crippen molar-refractivity contribution in [2.75, 3.05) is 33.2 Å². The van der Waals surface area contributed by atoms with E-state index in [0.29, 0.717) is 51.6 Å². The summed E-state index contributed by atoms with van der Waals surface area (Å²) < 4.78 is 56.2. The molecule has 1 aliphatic heterocycles. The zero-order valence-electron chi connectivity index (χ0n) is 22.9. The Hall–Kier alpha value is -2.40. The second kappa shape index (κ2) is 13.8. The number of aliphatic hydroxyl groups is 1. The number of nitrogens with one attached hydrogen (secondary N) is 3. The van der Waals surface area contributed by atoms with E-state index in [0.717, 1.165) is 6.07 Å². The lowest BCUT2D eigenvalue weighted by Gasteiger charge is -2.43. The molecule has 3 rings (SSSR count). The van der Waals surface area contributed by atoms with Crippen LogP contribution in [0.1, 0.15) is 70.3 Å². The zero-order valence-corrected chi connectivity index (χ0v) is 22.9. The maximum absolute atomic E-state index is 14.9. The van der Waals surface area contributed by atoms with Crippen LogP contribution in [0.25, 0.3) is 0 Å². The van der Waals surface area contributed by atoms with Gasteiger partial charge in [0.25, 0.3) is 0 Å². The lowest BCUT2D eigenvalue weighted by atomic mass is 9.74. The van der Waals surface area contributed by atoms with Gasteiger partial charge in [0.1, 0.15) is 0 Å². The Balaban J connectivity index is 1.71. The van der Waals surface area contributed by atoms with Gasteiger partial charge in [-0.05, 0) is 64.0 Å². The molecule has 1 aromatic rings. The van der Waals surface area contributed by atoms with E-state index >= 15 is 0 Å². The quantitative estimate of drug-likeness (QED) is 0.241. The summed E-state index contributed by atoms with van der Waals surface area (Å²) in [5.74, 6) is -5.48. The van der Waals surface area contributed by atoms with Crippen LogP contribution in [0, 0.1) is 23.5 Å². The largest absolute Gasteiger partial charge is 0.385 e. The molecular weight excluding hydrogens is 516 g/mol. The van der Waals surface area contributed by atoms with Crippen molar-refractivity contribution in [1.82, 2.24) is 20.9 Å². The van der Waals surface area contributed by atoms with E-state index in [1.807, 2.05) is 0 Å². The van der Waals surface area contributed by atoms with Gasteiger partial charge in [-0.3, -0.25) is 4.79 Å². The molecule has 4 N–H and O–H groups in total. The number of amides is 3. The van der Waals surface area contributed by atoms with Crippen LogP contribution in [-0.2, 0) is 10.4 Å². The average Bonchev–Trinajstić information content (AvgIpc) is 2.89. The topological polar surface area (TPSA) is 93.7 Å². The molecule has 0 bridgehead atoms. The fraction of sp³-hybridized carbons (Fsp3) is 0.714. The van der Waals surface area contributed by atoms with Gasteiger partial charge in [0.15, 0.2) is 11.6 Å². The van der Waals surface area contributed by atoms with Crippen molar-refractivity contribution in [2.24, 2.45) is 11.8 Å². The number of piperidine rings is 1. The standard InChI is InChI=1S/C28H42F4N4O3/c1-19(37)34-14-5-11-28(39,23-7-3-8-24(29)25(23)30)21-6-4-15-36(18-21)26(38)35-22(17-33-2)16-20-9-12-27(31,32)13-10-20/h3,7-8,20-22,33,39H,4-6,9-18H2,1-2H3,(H,34,37)(H,35,38)/t21?,22?,28-/m0/s1. The van der Waals surface area contributed by atoms with Crippen LogP contribution in [-0.4, -0.2) is 67.1 Å². The molecule has 2 unspecified atom stereocenters. The number of carbonyl (C=O) groups excluding carboxylic acids is 2. The fourth-order valence-electron chi connectivity index (χ4n) is 6.01. The van der Waals surface area contributed by atoms with Crippen molar-refractivity contribution in [3.8, 4) is 0 Å². The normalized spacial score (nSPS) is 22.1. The molecule has 2 aliphatic rings. The highest BCUT2D eigenvalue weighted by molar-refractivity contribution is 5.74. The van der Waals surface area contributed by atoms with Crippen LogP contribution < -0.4 is 16.0 Å². The molecule has 1 saturated heterocycles. The number of likely N-dealkylation sites (N-methyl/N-ethyl adjacent to an activating group) is 1. The number of benzene rings is 1. The summed E-state index contributed by atoms with van der Waals surface area (Å²) in [6, 6.07) is 3.13. The van der Waals surface area contributed by atoms with E-state index in [-0.39, 0.29) is 61.8 Å². The number of nitrogens with zero attached hydrogens (tertiary/aromatic N) is 1. The number of rotatable bonds is 11. The van der Waals surface area contributed by atoms with Gasteiger partial charge in [-0.2, -0.15) is 0 Å². The second-order valence-corrected chi connectivity index (χ2v) is 11.1. The highest BCUT2D eigenvalue weighted by atomic mass is 19.3. The number of likely N-dealkylation sites (tertiary alicyclic amines) is 1. The molecule has 1 heterocycles. The molecule has 1 aliphatic carbocycles. The molecule has 1 saturated carbocycles. The minimum absolute atomic E-state index is 0.0719. The number of alkyl halides is 2. The van der Waals surface area contributed by atoms with Gasteiger partial charge in [0.2, 0.25) is 11.8 Å². The van der Waals surface area contributed by atoms with Crippen molar-refractivity contribution in [3.63, 3.8) is 0 Å². The van der Waals surface area contributed by atoms with Gasteiger partial charge in [0, 0.05) is 63.5 Å². The van der Waals surface area contributed by atoms with Gasteiger partial charge in [0.05, 0.1) is 5.60 Å². The lowest BCUT2D eigenvalue weighted by Crippen LogP contribution is -2.54. The predicted molar refractivity (Wildman–Crippen MR) is 140 cm³/mol. The zero-order chi connectivity index (χ0) is 28.6. The van der Waals surface area contributed by atoms with E-state index < -0.39 is 29.1 Å². The molecule has 39 heavy (non-hydrogen) atoms. The minimum Gasteiger partial charge on any atom is -0.385 e. The van der Waals surface area contributed by atoms with Crippen molar-refractivity contribution in [1.29, 1.82) is 0 Å². The van der Waals surface area contributed by atoms with E-state index in [9.17, 15) is 32.3 Å². The first kappa shape index (κ1) is 31.1. The van der Waals surface area contributed by atoms with Crippen molar-refractivity contribution >= 4 is 11.9 Å². The minimum atomic E-state index is -2.61. The van der Waals surface area contributed by atoms with Crippen molar-refractivity contribution < 1.29 is 32.3 Å². The van der Waals surface area contributed by atoms with E-state index in [1.54, 1.807) is 11.9 Å². The predicted octanol–water partition coefficient (Wildman–Crippen LogP) is 4.29. The van der Waals surface area contributed by atoms with Crippen molar-refractivity contribution in [2.45, 2.75) is 82.3 Å². The SMILES string of the molecule is CNCC(CC1CCC(F)(F)CC1)NC(=O)N1CCCC([C@@](O)(CCCNC(C)=O)c2cccc(F)c2F)C1. The van der Waals surface area contributed by atoms with Gasteiger partial charge in [-0.25, -0.2) is 22.4 Å². The Labute approximate surface area is 228 Å². The third kappa shape index (κ3) is 8.54. The summed E-state index contributed by atoms with van der Waals surface area (Å²) in [5.41, 5.74) is -1.90. The summed E-state index contributed by atoms with van der Waals surface area (Å²) in [5, 5.41) is 20.6. The first-order valence-electron chi connectivity index (χ1n) is 13.9. The summed E-state index contributed by atoms with van der Waals surface area (Å²) in [4.78, 5) is 26.2. The molecule has 0 aromatic heterocycles. The summed E-state index contributed by atoms with van der Waals surface area (Å²) in [6.07, 6.45) is 2.62. The second-order valence-electron chi connectivity index (χ2n) is 11.1. The Morgan fingerprint density at radius 1 is 1.21 bits per heavy atom. The van der Waals surface area contributed by atoms with Crippen molar-refractivity contribution in [3.05, 3.63) is 35.4 Å². The molecule has 3 amide bonds. The van der Waals surface area contributed by atoms with Gasteiger partial charge in [-0.1, -0.05) is 12.1 Å².